The van der Waals surface area contributed by atoms with Crippen molar-refractivity contribution in [3.8, 4) is 11.5 Å². The predicted molar refractivity (Wildman–Crippen MR) is 58.7 cm³/mol. The topological polar surface area (TPSA) is 111 Å². The molecule has 0 bridgehead atoms. The highest BCUT2D eigenvalue weighted by Crippen LogP contribution is 2.14. The predicted octanol–water partition coefficient (Wildman–Crippen LogP) is -0.221. The van der Waals surface area contributed by atoms with Crippen LogP contribution >= 0.6 is 0 Å². The average molecular weight is 235 g/mol. The lowest BCUT2D eigenvalue weighted by Gasteiger charge is -2.17. The molecule has 2 heterocycles. The van der Waals surface area contributed by atoms with Gasteiger partial charge in [-0.05, 0) is 6.92 Å². The van der Waals surface area contributed by atoms with Crippen molar-refractivity contribution >= 4 is 0 Å². The van der Waals surface area contributed by atoms with Gasteiger partial charge in [-0.25, -0.2) is 4.98 Å². The highest BCUT2D eigenvalue weighted by molar-refractivity contribution is 5.45. The fourth-order valence-electron chi connectivity index (χ4n) is 1.24. The molecule has 0 saturated heterocycles. The average Bonchev–Trinajstić information content (AvgIpc) is 2.78. The minimum absolute atomic E-state index is 0.121. The number of nitrogens with zero attached hydrogens (tertiary/aromatic N) is 4. The Morgan fingerprint density at radius 2 is 2.29 bits per heavy atom. The van der Waals surface area contributed by atoms with E-state index >= 15 is 0 Å². The largest absolute Gasteiger partial charge is 0.388 e. The van der Waals surface area contributed by atoms with Crippen molar-refractivity contribution in [3.05, 3.63) is 24.5 Å². The highest BCUT2D eigenvalue weighted by Gasteiger charge is 2.23. The molecule has 0 aromatic carbocycles. The first kappa shape index (κ1) is 11.6. The molecule has 0 aliphatic heterocycles. The Bertz CT molecular complexity index is 482. The molecule has 7 heteroatoms. The van der Waals surface area contributed by atoms with E-state index in [9.17, 15) is 5.11 Å². The van der Waals surface area contributed by atoms with Crippen LogP contribution in [-0.4, -0.2) is 37.4 Å². The molecule has 0 saturated carbocycles. The maximum atomic E-state index is 9.78. The van der Waals surface area contributed by atoms with Crippen LogP contribution in [-0.2, 0) is 6.42 Å². The molecule has 0 spiro atoms. The van der Waals surface area contributed by atoms with Gasteiger partial charge < -0.3 is 15.4 Å². The van der Waals surface area contributed by atoms with E-state index < -0.39 is 5.60 Å². The molecule has 2 rings (SSSR count). The first-order chi connectivity index (χ1) is 8.11. The van der Waals surface area contributed by atoms with Crippen LogP contribution in [0.1, 0.15) is 12.8 Å². The van der Waals surface area contributed by atoms with Crippen LogP contribution in [0.3, 0.4) is 0 Å². The van der Waals surface area contributed by atoms with E-state index in [4.69, 9.17) is 10.3 Å². The third kappa shape index (κ3) is 2.83. The fraction of sp³-hybridized carbons (Fsp3) is 0.400. The minimum atomic E-state index is -1.05. The number of aliphatic hydroxyl groups is 1. The lowest BCUT2D eigenvalue weighted by molar-refractivity contribution is 0.0610. The van der Waals surface area contributed by atoms with Crippen LogP contribution < -0.4 is 5.73 Å². The third-order valence-corrected chi connectivity index (χ3v) is 2.23. The van der Waals surface area contributed by atoms with Gasteiger partial charge in [-0.1, -0.05) is 5.16 Å². The summed E-state index contributed by atoms with van der Waals surface area (Å²) in [4.78, 5) is 12.1. The van der Waals surface area contributed by atoms with E-state index in [-0.39, 0.29) is 13.0 Å². The van der Waals surface area contributed by atoms with E-state index in [1.54, 1.807) is 19.3 Å². The van der Waals surface area contributed by atoms with Crippen molar-refractivity contribution < 1.29 is 9.63 Å². The standard InChI is InChI=1S/C10H13N5O2/c1-10(16,6-11)4-8-14-9(15-17-8)7-5-12-2-3-13-7/h2-3,5,16H,4,6,11H2,1H3. The van der Waals surface area contributed by atoms with E-state index in [1.807, 2.05) is 0 Å². The summed E-state index contributed by atoms with van der Waals surface area (Å²) in [5, 5.41) is 13.5. The number of hydrogen-bond acceptors (Lipinski definition) is 7. The molecule has 7 nitrogen and oxygen atoms in total. The third-order valence-electron chi connectivity index (χ3n) is 2.23. The Hall–Kier alpha value is -1.86. The molecule has 0 amide bonds. The smallest absolute Gasteiger partial charge is 0.229 e. The van der Waals surface area contributed by atoms with Crippen molar-refractivity contribution in [1.29, 1.82) is 0 Å². The zero-order chi connectivity index (χ0) is 12.3. The normalized spacial score (nSPS) is 14.5. The van der Waals surface area contributed by atoms with Crippen LogP contribution in [0.2, 0.25) is 0 Å². The fourth-order valence-corrected chi connectivity index (χ4v) is 1.24. The SMILES string of the molecule is CC(O)(CN)Cc1nc(-c2cnccn2)no1. The molecule has 0 fully saturated rings. The molecule has 17 heavy (non-hydrogen) atoms. The Morgan fingerprint density at radius 3 is 2.94 bits per heavy atom. The molecular formula is C10H13N5O2. The van der Waals surface area contributed by atoms with Crippen LogP contribution in [0.5, 0.6) is 0 Å². The summed E-state index contributed by atoms with van der Waals surface area (Å²) >= 11 is 0. The zero-order valence-corrected chi connectivity index (χ0v) is 9.37. The van der Waals surface area contributed by atoms with Crippen LogP contribution in [0.25, 0.3) is 11.5 Å². The van der Waals surface area contributed by atoms with Crippen molar-refractivity contribution in [2.45, 2.75) is 18.9 Å². The van der Waals surface area contributed by atoms with Crippen molar-refractivity contribution in [2.24, 2.45) is 5.73 Å². The van der Waals surface area contributed by atoms with Gasteiger partial charge in [0.15, 0.2) is 0 Å². The summed E-state index contributed by atoms with van der Waals surface area (Å²) in [6.45, 7) is 1.73. The maximum absolute atomic E-state index is 9.78. The van der Waals surface area contributed by atoms with Gasteiger partial charge in [0.1, 0.15) is 5.69 Å². The number of aromatic nitrogens is 4. The second-order valence-electron chi connectivity index (χ2n) is 3.98. The summed E-state index contributed by atoms with van der Waals surface area (Å²) in [6.07, 6.45) is 4.84. The molecular weight excluding hydrogens is 222 g/mol. The molecule has 0 aliphatic rings. The molecule has 2 aromatic rings. The summed E-state index contributed by atoms with van der Waals surface area (Å²) < 4.78 is 5.01. The molecule has 2 aromatic heterocycles. The van der Waals surface area contributed by atoms with Gasteiger partial charge in [0.2, 0.25) is 11.7 Å². The maximum Gasteiger partial charge on any atom is 0.229 e. The van der Waals surface area contributed by atoms with Crippen LogP contribution in [0, 0.1) is 0 Å². The van der Waals surface area contributed by atoms with Crippen molar-refractivity contribution in [3.63, 3.8) is 0 Å². The van der Waals surface area contributed by atoms with Gasteiger partial charge in [-0.15, -0.1) is 0 Å². The van der Waals surface area contributed by atoms with Gasteiger partial charge in [0.25, 0.3) is 0 Å². The molecule has 0 radical (unpaired) electrons. The summed E-state index contributed by atoms with van der Waals surface area (Å²) in [5.74, 6) is 0.669. The van der Waals surface area contributed by atoms with E-state index in [2.05, 4.69) is 20.1 Å². The van der Waals surface area contributed by atoms with Crippen LogP contribution in [0.15, 0.2) is 23.1 Å². The zero-order valence-electron chi connectivity index (χ0n) is 9.37. The number of nitrogens with two attached hydrogens (primary N) is 1. The quantitative estimate of drug-likeness (QED) is 0.753. The van der Waals surface area contributed by atoms with E-state index in [0.29, 0.717) is 17.4 Å². The Morgan fingerprint density at radius 1 is 1.47 bits per heavy atom. The van der Waals surface area contributed by atoms with Crippen molar-refractivity contribution in [2.75, 3.05) is 6.54 Å². The first-order valence-corrected chi connectivity index (χ1v) is 5.12. The second-order valence-corrected chi connectivity index (χ2v) is 3.98. The minimum Gasteiger partial charge on any atom is -0.388 e. The Labute approximate surface area is 97.7 Å². The Balaban J connectivity index is 2.17. The molecule has 90 valence electrons. The summed E-state index contributed by atoms with van der Waals surface area (Å²) in [5.41, 5.74) is 4.88. The van der Waals surface area contributed by atoms with Gasteiger partial charge in [0, 0.05) is 18.9 Å². The monoisotopic (exact) mass is 235 g/mol. The van der Waals surface area contributed by atoms with Gasteiger partial charge in [-0.3, -0.25) is 4.98 Å². The second kappa shape index (κ2) is 4.56. The molecule has 0 aliphatic carbocycles. The van der Waals surface area contributed by atoms with Gasteiger partial charge in [-0.2, -0.15) is 4.98 Å². The highest BCUT2D eigenvalue weighted by atomic mass is 16.5. The number of rotatable bonds is 4. The van der Waals surface area contributed by atoms with Gasteiger partial charge in [0.05, 0.1) is 18.2 Å². The summed E-state index contributed by atoms with van der Waals surface area (Å²) in [6, 6.07) is 0. The van der Waals surface area contributed by atoms with E-state index in [1.165, 1.54) is 6.20 Å². The lowest BCUT2D eigenvalue weighted by atomic mass is 10.0. The molecule has 1 unspecified atom stereocenters. The van der Waals surface area contributed by atoms with Crippen molar-refractivity contribution in [1.82, 2.24) is 20.1 Å². The molecule has 3 N–H and O–H groups in total. The Kier molecular flexibility index (Phi) is 3.12. The number of hydrogen-bond donors (Lipinski definition) is 2. The van der Waals surface area contributed by atoms with Gasteiger partial charge >= 0.3 is 0 Å². The molecule has 1 atom stereocenters. The summed E-state index contributed by atoms with van der Waals surface area (Å²) in [7, 11) is 0. The van der Waals surface area contributed by atoms with Crippen LogP contribution in [0.4, 0.5) is 0 Å². The first-order valence-electron chi connectivity index (χ1n) is 5.12. The van der Waals surface area contributed by atoms with E-state index in [0.717, 1.165) is 0 Å². The lowest BCUT2D eigenvalue weighted by Crippen LogP contribution is -2.36.